The Morgan fingerprint density at radius 2 is 2.00 bits per heavy atom. The maximum Gasteiger partial charge on any atom is 0.240 e. The lowest BCUT2D eigenvalue weighted by Crippen LogP contribution is -2.26. The molecule has 114 valence electrons. The fourth-order valence-electron chi connectivity index (χ4n) is 2.32. The molecule has 5 nitrogen and oxygen atoms in total. The van der Waals surface area contributed by atoms with E-state index in [-0.39, 0.29) is 0 Å². The van der Waals surface area contributed by atoms with E-state index in [1.807, 2.05) is 24.3 Å². The first kappa shape index (κ1) is 14.7. The van der Waals surface area contributed by atoms with Crippen LogP contribution in [-0.4, -0.2) is 19.9 Å². The number of aryl methyl sites for hydroxylation is 1. The number of rotatable bonds is 5. The summed E-state index contributed by atoms with van der Waals surface area (Å²) in [5, 5.41) is 0. The third-order valence-electron chi connectivity index (χ3n) is 3.48. The highest BCUT2D eigenvalue weighted by atomic mass is 32.2. The number of sulfonamides is 1. The van der Waals surface area contributed by atoms with Gasteiger partial charge in [0.25, 0.3) is 0 Å². The molecule has 0 fully saturated rings. The second-order valence-corrected chi connectivity index (χ2v) is 6.80. The van der Waals surface area contributed by atoms with Crippen molar-refractivity contribution in [2.24, 2.45) is 0 Å². The van der Waals surface area contributed by atoms with Crippen molar-refractivity contribution < 1.29 is 12.8 Å². The zero-order chi connectivity index (χ0) is 15.6. The molecule has 0 aliphatic carbocycles. The predicted octanol–water partition coefficient (Wildman–Crippen LogP) is 2.66. The minimum absolute atomic E-state index is 0.320. The fourth-order valence-corrected chi connectivity index (χ4v) is 3.60. The Balaban J connectivity index is 1.68. The van der Waals surface area contributed by atoms with E-state index in [0.717, 1.165) is 16.6 Å². The second kappa shape index (κ2) is 5.90. The molecule has 0 spiro atoms. The molecule has 22 heavy (non-hydrogen) atoms. The summed E-state index contributed by atoms with van der Waals surface area (Å²) in [7, 11) is -3.48. The van der Waals surface area contributed by atoms with E-state index in [1.165, 1.54) is 6.39 Å². The van der Waals surface area contributed by atoms with Crippen molar-refractivity contribution in [1.82, 2.24) is 9.71 Å². The van der Waals surface area contributed by atoms with Gasteiger partial charge in [-0.15, -0.1) is 0 Å². The lowest BCUT2D eigenvalue weighted by molar-refractivity contribution is 0.581. The van der Waals surface area contributed by atoms with Gasteiger partial charge in [0.05, 0.1) is 4.90 Å². The Morgan fingerprint density at radius 1 is 1.18 bits per heavy atom. The fraction of sp³-hybridized carbons (Fsp3) is 0.188. The Hall–Kier alpha value is -2.18. The number of hydrogen-bond acceptors (Lipinski definition) is 4. The molecule has 0 amide bonds. The molecule has 0 atom stereocenters. The van der Waals surface area contributed by atoms with Crippen LogP contribution in [0.25, 0.3) is 11.1 Å². The highest BCUT2D eigenvalue weighted by Crippen LogP contribution is 2.16. The molecule has 3 rings (SSSR count). The van der Waals surface area contributed by atoms with Gasteiger partial charge in [0.1, 0.15) is 5.52 Å². The van der Waals surface area contributed by atoms with Gasteiger partial charge in [-0.2, -0.15) is 0 Å². The van der Waals surface area contributed by atoms with Crippen LogP contribution in [0.4, 0.5) is 0 Å². The summed E-state index contributed by atoms with van der Waals surface area (Å²) in [6.45, 7) is 2.11. The molecule has 2 aromatic carbocycles. The zero-order valence-corrected chi connectivity index (χ0v) is 12.9. The summed E-state index contributed by atoms with van der Waals surface area (Å²) in [5.41, 5.74) is 3.23. The molecule has 0 radical (unpaired) electrons. The number of benzene rings is 2. The summed E-state index contributed by atoms with van der Waals surface area (Å²) < 4.78 is 32.4. The van der Waals surface area contributed by atoms with Gasteiger partial charge in [0.2, 0.25) is 10.0 Å². The van der Waals surface area contributed by atoms with E-state index < -0.39 is 10.0 Å². The Labute approximate surface area is 129 Å². The molecule has 0 bridgehead atoms. The van der Waals surface area contributed by atoms with Gasteiger partial charge in [-0.05, 0) is 42.7 Å². The van der Waals surface area contributed by atoms with Gasteiger partial charge >= 0.3 is 0 Å². The molecular formula is C16H16N2O3S. The first-order valence-corrected chi connectivity index (χ1v) is 8.42. The summed E-state index contributed by atoms with van der Waals surface area (Å²) >= 11 is 0. The van der Waals surface area contributed by atoms with Crippen LogP contribution in [0, 0.1) is 6.92 Å². The third-order valence-corrected chi connectivity index (χ3v) is 5.11. The Bertz CT molecular complexity index is 900. The Morgan fingerprint density at radius 3 is 2.82 bits per heavy atom. The molecule has 0 aliphatic rings. The highest BCUT2D eigenvalue weighted by Gasteiger charge is 2.15. The van der Waals surface area contributed by atoms with Crippen LogP contribution in [-0.2, 0) is 16.4 Å². The van der Waals surface area contributed by atoms with Crippen molar-refractivity contribution in [2.45, 2.75) is 18.2 Å². The van der Waals surface area contributed by atoms with Gasteiger partial charge in [-0.3, -0.25) is 0 Å². The van der Waals surface area contributed by atoms with E-state index in [2.05, 4.69) is 9.71 Å². The van der Waals surface area contributed by atoms with Crippen LogP contribution in [0.2, 0.25) is 0 Å². The normalized spacial score (nSPS) is 11.9. The average molecular weight is 316 g/mol. The molecular weight excluding hydrogens is 300 g/mol. The van der Waals surface area contributed by atoms with Crippen molar-refractivity contribution in [3.63, 3.8) is 0 Å². The van der Waals surface area contributed by atoms with Crippen LogP contribution in [0.1, 0.15) is 11.1 Å². The van der Waals surface area contributed by atoms with Crippen LogP contribution in [0.5, 0.6) is 0 Å². The SMILES string of the molecule is Cc1ccccc1S(=O)(=O)NCCc1ccc2ncoc2c1. The topological polar surface area (TPSA) is 72.2 Å². The summed E-state index contributed by atoms with van der Waals surface area (Å²) in [5.74, 6) is 0. The molecule has 0 saturated carbocycles. The van der Waals surface area contributed by atoms with Gasteiger partial charge in [0, 0.05) is 6.54 Å². The van der Waals surface area contributed by atoms with E-state index in [4.69, 9.17) is 4.42 Å². The minimum atomic E-state index is -3.48. The maximum atomic E-state index is 12.3. The van der Waals surface area contributed by atoms with Crippen molar-refractivity contribution in [2.75, 3.05) is 6.54 Å². The summed E-state index contributed by atoms with van der Waals surface area (Å²) in [4.78, 5) is 4.37. The monoisotopic (exact) mass is 316 g/mol. The molecule has 1 aromatic heterocycles. The van der Waals surface area contributed by atoms with Gasteiger partial charge < -0.3 is 4.42 Å². The first-order chi connectivity index (χ1) is 10.6. The maximum absolute atomic E-state index is 12.3. The van der Waals surface area contributed by atoms with Crippen molar-refractivity contribution in [3.05, 3.63) is 60.0 Å². The van der Waals surface area contributed by atoms with Crippen LogP contribution >= 0.6 is 0 Å². The van der Waals surface area contributed by atoms with Crippen LogP contribution in [0.15, 0.2) is 58.2 Å². The smallest absolute Gasteiger partial charge is 0.240 e. The standard InChI is InChI=1S/C16H16N2O3S/c1-12-4-2-3-5-16(12)22(19,20)18-9-8-13-6-7-14-15(10-13)21-11-17-14/h2-7,10-11,18H,8-9H2,1H3. The van der Waals surface area contributed by atoms with Gasteiger partial charge in [-0.25, -0.2) is 18.1 Å². The largest absolute Gasteiger partial charge is 0.443 e. The van der Waals surface area contributed by atoms with E-state index in [9.17, 15) is 8.42 Å². The average Bonchev–Trinajstić information content (AvgIpc) is 2.95. The lowest BCUT2D eigenvalue weighted by Gasteiger charge is -2.09. The molecule has 0 unspecified atom stereocenters. The molecule has 0 aliphatic heterocycles. The molecule has 6 heteroatoms. The molecule has 1 N–H and O–H groups in total. The lowest BCUT2D eigenvalue weighted by atomic mass is 10.1. The molecule has 3 aromatic rings. The second-order valence-electron chi connectivity index (χ2n) is 5.07. The summed E-state index contributed by atoms with van der Waals surface area (Å²) in [6, 6.07) is 12.6. The number of aromatic nitrogens is 1. The van der Waals surface area contributed by atoms with Gasteiger partial charge in [0.15, 0.2) is 12.0 Å². The number of hydrogen-bond donors (Lipinski definition) is 1. The van der Waals surface area contributed by atoms with Crippen molar-refractivity contribution >= 4 is 21.1 Å². The van der Waals surface area contributed by atoms with Crippen molar-refractivity contribution in [1.29, 1.82) is 0 Å². The number of fused-ring (bicyclic) bond motifs is 1. The molecule has 0 saturated heterocycles. The zero-order valence-electron chi connectivity index (χ0n) is 12.1. The van der Waals surface area contributed by atoms with Crippen LogP contribution in [0.3, 0.4) is 0 Å². The van der Waals surface area contributed by atoms with E-state index in [1.54, 1.807) is 25.1 Å². The highest BCUT2D eigenvalue weighted by molar-refractivity contribution is 7.89. The predicted molar refractivity (Wildman–Crippen MR) is 84.1 cm³/mol. The summed E-state index contributed by atoms with van der Waals surface area (Å²) in [6.07, 6.45) is 1.98. The minimum Gasteiger partial charge on any atom is -0.443 e. The molecule has 1 heterocycles. The quantitative estimate of drug-likeness (QED) is 0.785. The Kier molecular flexibility index (Phi) is 3.96. The van der Waals surface area contributed by atoms with Gasteiger partial charge in [-0.1, -0.05) is 24.3 Å². The number of nitrogens with zero attached hydrogens (tertiary/aromatic N) is 1. The third kappa shape index (κ3) is 3.03. The van der Waals surface area contributed by atoms with Crippen molar-refractivity contribution in [3.8, 4) is 0 Å². The van der Waals surface area contributed by atoms with Crippen LogP contribution < -0.4 is 4.72 Å². The first-order valence-electron chi connectivity index (χ1n) is 6.94. The van der Waals surface area contributed by atoms with E-state index >= 15 is 0 Å². The number of oxazole rings is 1. The number of nitrogens with one attached hydrogen (secondary N) is 1. The van der Waals surface area contributed by atoms with E-state index in [0.29, 0.717) is 23.4 Å².